The van der Waals surface area contributed by atoms with Crippen molar-refractivity contribution < 1.29 is 0 Å². The Morgan fingerprint density at radius 1 is 1.47 bits per heavy atom. The van der Waals surface area contributed by atoms with Crippen molar-refractivity contribution in [3.05, 3.63) is 17.3 Å². The van der Waals surface area contributed by atoms with Crippen LogP contribution in [0.2, 0.25) is 5.15 Å². The van der Waals surface area contributed by atoms with E-state index in [0.29, 0.717) is 11.0 Å². The number of hydrogen-bond donors (Lipinski definition) is 2. The molecule has 2 aromatic heterocycles. The zero-order valence-corrected chi connectivity index (χ0v) is 9.35. The summed E-state index contributed by atoms with van der Waals surface area (Å²) in [5.74, 6) is 1.54. The van der Waals surface area contributed by atoms with Gasteiger partial charge in [0.2, 0.25) is 0 Å². The van der Waals surface area contributed by atoms with Gasteiger partial charge in [0.05, 0.1) is 11.7 Å². The largest absolute Gasteiger partial charge is 0.367 e. The van der Waals surface area contributed by atoms with Crippen LogP contribution in [-0.4, -0.2) is 30.5 Å². The molecule has 8 heteroatoms. The molecule has 0 radical (unpaired) electrons. The Kier molecular flexibility index (Phi) is 3.46. The number of aryl methyl sites for hydroxylation is 1. The van der Waals surface area contributed by atoms with Crippen LogP contribution < -0.4 is 5.32 Å². The molecule has 0 aliphatic carbocycles. The highest BCUT2D eigenvalue weighted by Crippen LogP contribution is 2.17. The third-order valence-electron chi connectivity index (χ3n) is 1.80. The number of anilines is 1. The Bertz CT molecular complexity index is 399. The first-order valence-electron chi connectivity index (χ1n) is 4.42. The lowest BCUT2D eigenvalue weighted by atomic mass is 10.3. The molecule has 2 heterocycles. The average molecular weight is 245 g/mol. The van der Waals surface area contributed by atoms with E-state index in [4.69, 9.17) is 11.6 Å². The zero-order valence-electron chi connectivity index (χ0n) is 7.77. The molecule has 2 rings (SSSR count). The number of H-pyrrole nitrogens is 1. The van der Waals surface area contributed by atoms with Gasteiger partial charge in [0.25, 0.3) is 0 Å². The summed E-state index contributed by atoms with van der Waals surface area (Å²) in [6.45, 7) is 0.784. The number of nitrogens with one attached hydrogen (secondary N) is 2. The van der Waals surface area contributed by atoms with Crippen molar-refractivity contribution in [3.63, 3.8) is 0 Å². The van der Waals surface area contributed by atoms with Crippen LogP contribution in [-0.2, 0) is 6.42 Å². The lowest BCUT2D eigenvalue weighted by Crippen LogP contribution is -2.04. The highest BCUT2D eigenvalue weighted by molar-refractivity contribution is 6.99. The van der Waals surface area contributed by atoms with Crippen LogP contribution in [0.3, 0.4) is 0 Å². The number of nitrogens with zero attached hydrogens (tertiary/aromatic N) is 4. The summed E-state index contributed by atoms with van der Waals surface area (Å²) >= 11 is 6.86. The fourth-order valence-corrected chi connectivity index (χ4v) is 1.78. The van der Waals surface area contributed by atoms with Gasteiger partial charge in [-0.1, -0.05) is 11.6 Å². The molecule has 80 valence electrons. The first-order valence-corrected chi connectivity index (χ1v) is 5.53. The third-order valence-corrected chi connectivity index (χ3v) is 2.69. The third kappa shape index (κ3) is 2.87. The van der Waals surface area contributed by atoms with Crippen LogP contribution in [0.15, 0.2) is 6.33 Å². The quantitative estimate of drug-likeness (QED) is 0.777. The van der Waals surface area contributed by atoms with Gasteiger partial charge in [-0.2, -0.15) is 13.8 Å². The standard InChI is InChI=1S/C7H9ClN6S/c8-6-7(14-15-13-6)9-3-1-2-5-10-4-11-12-5/h4H,1-3H2,(H,9,14)(H,10,11,12). The first-order chi connectivity index (χ1) is 7.36. The van der Waals surface area contributed by atoms with Crippen LogP contribution >= 0.6 is 23.3 Å². The monoisotopic (exact) mass is 244 g/mol. The van der Waals surface area contributed by atoms with E-state index in [0.717, 1.165) is 36.9 Å². The molecule has 2 N–H and O–H groups in total. The van der Waals surface area contributed by atoms with Gasteiger partial charge >= 0.3 is 0 Å². The molecule has 0 aromatic carbocycles. The Labute approximate surface area is 95.4 Å². The molecule has 15 heavy (non-hydrogen) atoms. The van der Waals surface area contributed by atoms with Gasteiger partial charge in [-0.15, -0.1) is 0 Å². The van der Waals surface area contributed by atoms with Gasteiger partial charge < -0.3 is 5.32 Å². The molecule has 2 aromatic rings. The van der Waals surface area contributed by atoms with E-state index in [-0.39, 0.29) is 0 Å². The maximum Gasteiger partial charge on any atom is 0.186 e. The Morgan fingerprint density at radius 2 is 2.40 bits per heavy atom. The number of aromatic nitrogens is 5. The van der Waals surface area contributed by atoms with Crippen molar-refractivity contribution in [1.29, 1.82) is 0 Å². The summed E-state index contributed by atoms with van der Waals surface area (Å²) in [5.41, 5.74) is 0. The Hall–Kier alpha value is -1.21. The fourth-order valence-electron chi connectivity index (χ4n) is 1.10. The molecule has 0 aliphatic rings. The number of rotatable bonds is 5. The lowest BCUT2D eigenvalue weighted by molar-refractivity contribution is 0.804. The molecule has 0 aliphatic heterocycles. The Balaban J connectivity index is 1.70. The Morgan fingerprint density at radius 3 is 3.07 bits per heavy atom. The first kappa shape index (κ1) is 10.3. The fraction of sp³-hybridized carbons (Fsp3) is 0.429. The number of hydrogen-bond acceptors (Lipinski definition) is 6. The topological polar surface area (TPSA) is 79.4 Å². The van der Waals surface area contributed by atoms with Crippen LogP contribution in [0.4, 0.5) is 5.82 Å². The number of aromatic amines is 1. The molecule has 0 fully saturated rings. The van der Waals surface area contributed by atoms with Gasteiger partial charge in [0.15, 0.2) is 11.0 Å². The maximum atomic E-state index is 5.76. The molecule has 0 amide bonds. The predicted octanol–water partition coefficient (Wildman–Crippen LogP) is 1.35. The highest BCUT2D eigenvalue weighted by atomic mass is 35.5. The molecular formula is C7H9ClN6S. The highest BCUT2D eigenvalue weighted by Gasteiger charge is 2.03. The summed E-state index contributed by atoms with van der Waals surface area (Å²) < 4.78 is 7.85. The average Bonchev–Trinajstić information content (AvgIpc) is 2.85. The normalized spacial score (nSPS) is 10.5. The second kappa shape index (κ2) is 5.04. The molecule has 0 saturated heterocycles. The molecule has 0 spiro atoms. The van der Waals surface area contributed by atoms with Gasteiger partial charge in [-0.25, -0.2) is 4.98 Å². The summed E-state index contributed by atoms with van der Waals surface area (Å²) in [4.78, 5) is 4.02. The maximum absolute atomic E-state index is 5.76. The minimum Gasteiger partial charge on any atom is -0.367 e. The molecule has 0 bridgehead atoms. The van der Waals surface area contributed by atoms with Crippen molar-refractivity contribution >= 4 is 29.1 Å². The predicted molar refractivity (Wildman–Crippen MR) is 58.1 cm³/mol. The van der Waals surface area contributed by atoms with E-state index in [1.165, 1.54) is 6.33 Å². The van der Waals surface area contributed by atoms with E-state index < -0.39 is 0 Å². The van der Waals surface area contributed by atoms with Crippen LogP contribution in [0.1, 0.15) is 12.2 Å². The van der Waals surface area contributed by atoms with E-state index in [1.807, 2.05) is 0 Å². The van der Waals surface area contributed by atoms with Crippen LogP contribution in [0.5, 0.6) is 0 Å². The molecule has 6 nitrogen and oxygen atoms in total. The van der Waals surface area contributed by atoms with E-state index in [2.05, 4.69) is 29.2 Å². The number of halogens is 1. The molecule has 0 atom stereocenters. The summed E-state index contributed by atoms with van der Waals surface area (Å²) in [6.07, 6.45) is 3.29. The van der Waals surface area contributed by atoms with Gasteiger partial charge in [0.1, 0.15) is 12.2 Å². The van der Waals surface area contributed by atoms with Crippen molar-refractivity contribution in [2.45, 2.75) is 12.8 Å². The minimum atomic E-state index is 0.430. The molecule has 0 unspecified atom stereocenters. The van der Waals surface area contributed by atoms with E-state index in [1.54, 1.807) is 0 Å². The van der Waals surface area contributed by atoms with Crippen molar-refractivity contribution in [1.82, 2.24) is 23.9 Å². The van der Waals surface area contributed by atoms with Gasteiger partial charge in [0, 0.05) is 13.0 Å². The van der Waals surface area contributed by atoms with Gasteiger partial charge in [-0.3, -0.25) is 5.10 Å². The van der Waals surface area contributed by atoms with Crippen LogP contribution in [0, 0.1) is 0 Å². The van der Waals surface area contributed by atoms with E-state index in [9.17, 15) is 0 Å². The van der Waals surface area contributed by atoms with Crippen molar-refractivity contribution in [2.24, 2.45) is 0 Å². The smallest absolute Gasteiger partial charge is 0.186 e. The van der Waals surface area contributed by atoms with Gasteiger partial charge in [-0.05, 0) is 6.42 Å². The molecular weight excluding hydrogens is 236 g/mol. The van der Waals surface area contributed by atoms with Crippen molar-refractivity contribution in [2.75, 3.05) is 11.9 Å². The summed E-state index contributed by atoms with van der Waals surface area (Å²) in [5, 5.41) is 10.1. The minimum absolute atomic E-state index is 0.430. The SMILES string of the molecule is Clc1nsnc1NCCCc1ncn[nH]1. The zero-order chi connectivity index (χ0) is 10.5. The lowest BCUT2D eigenvalue weighted by Gasteiger charge is -2.00. The summed E-state index contributed by atoms with van der Waals surface area (Å²) in [6, 6.07) is 0. The second-order valence-corrected chi connectivity index (χ2v) is 3.75. The van der Waals surface area contributed by atoms with E-state index >= 15 is 0 Å². The molecule has 0 saturated carbocycles. The van der Waals surface area contributed by atoms with Crippen LogP contribution in [0.25, 0.3) is 0 Å². The second-order valence-electron chi connectivity index (χ2n) is 2.87. The van der Waals surface area contributed by atoms with Crippen molar-refractivity contribution in [3.8, 4) is 0 Å². The summed E-state index contributed by atoms with van der Waals surface area (Å²) in [7, 11) is 0.